The van der Waals surface area contributed by atoms with E-state index < -0.39 is 35.1 Å². The first-order valence-electron chi connectivity index (χ1n) is 7.86. The van der Waals surface area contributed by atoms with Crippen LogP contribution in [0.15, 0.2) is 78.9 Å². The first kappa shape index (κ1) is 17.5. The number of esters is 1. The van der Waals surface area contributed by atoms with Crippen molar-refractivity contribution in [3.63, 3.8) is 0 Å². The normalized spacial score (nSPS) is 11.6. The van der Waals surface area contributed by atoms with E-state index in [9.17, 15) is 18.4 Å². The number of benzene rings is 3. The van der Waals surface area contributed by atoms with Gasteiger partial charge in [-0.2, -0.15) is 0 Å². The molecule has 130 valence electrons. The third-order valence-electron chi connectivity index (χ3n) is 3.77. The fourth-order valence-electron chi connectivity index (χ4n) is 2.48. The molecule has 0 saturated heterocycles. The summed E-state index contributed by atoms with van der Waals surface area (Å²) in [5.74, 6) is -3.33. The molecule has 5 heteroatoms. The Morgan fingerprint density at radius 2 is 1.42 bits per heavy atom. The summed E-state index contributed by atoms with van der Waals surface area (Å²) in [6.07, 6.45) is -1.24. The zero-order valence-corrected chi connectivity index (χ0v) is 13.6. The van der Waals surface area contributed by atoms with E-state index in [0.717, 1.165) is 12.1 Å². The molecule has 0 heterocycles. The van der Waals surface area contributed by atoms with E-state index in [4.69, 9.17) is 4.74 Å². The Morgan fingerprint density at radius 1 is 0.808 bits per heavy atom. The summed E-state index contributed by atoms with van der Waals surface area (Å²) in [7, 11) is 0. The van der Waals surface area contributed by atoms with Gasteiger partial charge in [-0.25, -0.2) is 13.6 Å². The van der Waals surface area contributed by atoms with Gasteiger partial charge in [0.05, 0.1) is 5.56 Å². The maximum absolute atomic E-state index is 13.9. The van der Waals surface area contributed by atoms with Gasteiger partial charge in [0.25, 0.3) is 0 Å². The van der Waals surface area contributed by atoms with Crippen molar-refractivity contribution in [2.24, 2.45) is 0 Å². The van der Waals surface area contributed by atoms with Crippen LogP contribution in [0.25, 0.3) is 0 Å². The van der Waals surface area contributed by atoms with E-state index >= 15 is 0 Å². The van der Waals surface area contributed by atoms with Crippen LogP contribution in [0, 0.1) is 11.6 Å². The predicted octanol–water partition coefficient (Wildman–Crippen LogP) is 4.75. The number of Topliss-reactive ketones (excluding diaryl/α,β-unsaturated/α-hetero) is 1. The molecule has 0 spiro atoms. The minimum Gasteiger partial charge on any atom is -0.445 e. The summed E-state index contributed by atoms with van der Waals surface area (Å²) in [4.78, 5) is 25.2. The lowest BCUT2D eigenvalue weighted by atomic mass is 9.99. The number of hydrogen-bond donors (Lipinski definition) is 0. The van der Waals surface area contributed by atoms with Crippen molar-refractivity contribution in [3.05, 3.63) is 107 Å². The van der Waals surface area contributed by atoms with E-state index in [2.05, 4.69) is 0 Å². The lowest BCUT2D eigenvalue weighted by molar-refractivity contribution is 0.0275. The molecule has 0 saturated carbocycles. The van der Waals surface area contributed by atoms with Crippen molar-refractivity contribution in [1.82, 2.24) is 0 Å². The molecule has 0 aliphatic carbocycles. The van der Waals surface area contributed by atoms with E-state index in [1.165, 1.54) is 0 Å². The van der Waals surface area contributed by atoms with E-state index in [0.29, 0.717) is 17.2 Å². The number of carbonyl (C=O) groups is 2. The highest BCUT2D eigenvalue weighted by atomic mass is 19.1. The molecule has 0 aliphatic rings. The van der Waals surface area contributed by atoms with Gasteiger partial charge in [0.15, 0.2) is 6.10 Å². The third-order valence-corrected chi connectivity index (χ3v) is 3.77. The Labute approximate surface area is 148 Å². The fourth-order valence-corrected chi connectivity index (χ4v) is 2.48. The summed E-state index contributed by atoms with van der Waals surface area (Å²) in [6.45, 7) is 0. The lowest BCUT2D eigenvalue weighted by Gasteiger charge is -2.17. The second kappa shape index (κ2) is 7.70. The third kappa shape index (κ3) is 3.83. The Balaban J connectivity index is 1.94. The Hall–Kier alpha value is -3.34. The number of ether oxygens (including phenoxy) is 1. The molecule has 0 N–H and O–H groups in total. The van der Waals surface area contributed by atoms with Crippen molar-refractivity contribution < 1.29 is 23.1 Å². The zero-order chi connectivity index (χ0) is 18.5. The number of hydrogen-bond acceptors (Lipinski definition) is 3. The van der Waals surface area contributed by atoms with Crippen molar-refractivity contribution in [1.29, 1.82) is 0 Å². The van der Waals surface area contributed by atoms with Crippen LogP contribution >= 0.6 is 0 Å². The van der Waals surface area contributed by atoms with Crippen molar-refractivity contribution in [3.8, 4) is 0 Å². The second-order valence-corrected chi connectivity index (χ2v) is 5.55. The molecular formula is C21H14F2O3. The Kier molecular flexibility index (Phi) is 5.17. The quantitative estimate of drug-likeness (QED) is 0.492. The average molecular weight is 352 g/mol. The first-order valence-corrected chi connectivity index (χ1v) is 7.86. The van der Waals surface area contributed by atoms with Crippen LogP contribution in [-0.4, -0.2) is 11.8 Å². The van der Waals surface area contributed by atoms with Crippen LogP contribution in [0.5, 0.6) is 0 Å². The SMILES string of the molecule is O=C(O[C@@H](C(=O)c1ccccc1)c1ccccc1)c1ccc(F)cc1F. The van der Waals surface area contributed by atoms with E-state index in [1.54, 1.807) is 60.7 Å². The molecule has 3 aromatic rings. The minimum atomic E-state index is -1.24. The monoisotopic (exact) mass is 352 g/mol. The van der Waals surface area contributed by atoms with E-state index in [-0.39, 0.29) is 0 Å². The number of ketones is 1. The van der Waals surface area contributed by atoms with Crippen LogP contribution in [0.3, 0.4) is 0 Å². The van der Waals surface area contributed by atoms with Crippen molar-refractivity contribution in [2.75, 3.05) is 0 Å². The lowest BCUT2D eigenvalue weighted by Crippen LogP contribution is -2.21. The molecule has 3 rings (SSSR count). The molecule has 0 fully saturated rings. The first-order chi connectivity index (χ1) is 12.6. The van der Waals surface area contributed by atoms with Gasteiger partial charge in [-0.05, 0) is 12.1 Å². The smallest absolute Gasteiger partial charge is 0.342 e. The summed E-state index contributed by atoms with van der Waals surface area (Å²) in [5.41, 5.74) is 0.374. The number of rotatable bonds is 5. The highest BCUT2D eigenvalue weighted by Crippen LogP contribution is 2.24. The van der Waals surface area contributed by atoms with Crippen LogP contribution in [-0.2, 0) is 4.74 Å². The van der Waals surface area contributed by atoms with Crippen LogP contribution in [0.4, 0.5) is 8.78 Å². The van der Waals surface area contributed by atoms with Gasteiger partial charge in [0.2, 0.25) is 5.78 Å². The Bertz CT molecular complexity index is 925. The molecule has 0 aromatic heterocycles. The maximum Gasteiger partial charge on any atom is 0.342 e. The zero-order valence-electron chi connectivity index (χ0n) is 13.6. The molecule has 0 bridgehead atoms. The Morgan fingerprint density at radius 3 is 2.04 bits per heavy atom. The summed E-state index contributed by atoms with van der Waals surface area (Å²) < 4.78 is 32.2. The largest absolute Gasteiger partial charge is 0.445 e. The van der Waals surface area contributed by atoms with Gasteiger partial charge in [-0.3, -0.25) is 4.79 Å². The average Bonchev–Trinajstić information content (AvgIpc) is 2.67. The van der Waals surface area contributed by atoms with Gasteiger partial charge in [0.1, 0.15) is 11.6 Å². The molecule has 0 unspecified atom stereocenters. The molecule has 26 heavy (non-hydrogen) atoms. The van der Waals surface area contributed by atoms with Gasteiger partial charge in [-0.15, -0.1) is 0 Å². The molecular weight excluding hydrogens is 338 g/mol. The molecule has 0 radical (unpaired) electrons. The highest BCUT2D eigenvalue weighted by Gasteiger charge is 2.27. The molecule has 3 aromatic carbocycles. The van der Waals surface area contributed by atoms with Gasteiger partial charge >= 0.3 is 5.97 Å². The summed E-state index contributed by atoms with van der Waals surface area (Å²) in [6, 6.07) is 19.3. The summed E-state index contributed by atoms with van der Waals surface area (Å²) >= 11 is 0. The molecule has 0 amide bonds. The van der Waals surface area contributed by atoms with Crippen LogP contribution in [0.2, 0.25) is 0 Å². The summed E-state index contributed by atoms with van der Waals surface area (Å²) in [5, 5.41) is 0. The van der Waals surface area contributed by atoms with Crippen LogP contribution < -0.4 is 0 Å². The van der Waals surface area contributed by atoms with Gasteiger partial charge < -0.3 is 4.74 Å². The molecule has 3 nitrogen and oxygen atoms in total. The standard InChI is InChI=1S/C21H14F2O3/c22-16-11-12-17(18(23)13-16)21(25)26-20(15-9-5-2-6-10-15)19(24)14-7-3-1-4-8-14/h1-13,20H/t20-/m1/s1. The fraction of sp³-hybridized carbons (Fsp3) is 0.0476. The molecule has 1 atom stereocenters. The minimum absolute atomic E-state index is 0.355. The van der Waals surface area contributed by atoms with Crippen molar-refractivity contribution >= 4 is 11.8 Å². The van der Waals surface area contributed by atoms with Crippen LogP contribution in [0.1, 0.15) is 32.4 Å². The van der Waals surface area contributed by atoms with Crippen molar-refractivity contribution in [2.45, 2.75) is 6.10 Å². The van der Waals surface area contributed by atoms with Gasteiger partial charge in [-0.1, -0.05) is 60.7 Å². The van der Waals surface area contributed by atoms with Gasteiger partial charge in [0, 0.05) is 17.2 Å². The predicted molar refractivity (Wildman–Crippen MR) is 91.7 cm³/mol. The topological polar surface area (TPSA) is 43.4 Å². The molecule has 0 aliphatic heterocycles. The highest BCUT2D eigenvalue weighted by molar-refractivity contribution is 6.02. The second-order valence-electron chi connectivity index (χ2n) is 5.55. The van der Waals surface area contributed by atoms with E-state index in [1.807, 2.05) is 0 Å². The number of halogens is 2. The number of carbonyl (C=O) groups excluding carboxylic acids is 2. The maximum atomic E-state index is 13.9.